The summed E-state index contributed by atoms with van der Waals surface area (Å²) >= 11 is 0. The van der Waals surface area contributed by atoms with Gasteiger partial charge in [0.15, 0.2) is 0 Å². The summed E-state index contributed by atoms with van der Waals surface area (Å²) in [4.78, 5) is 11.2. The van der Waals surface area contributed by atoms with Crippen molar-refractivity contribution in [2.75, 3.05) is 16.9 Å². The zero-order valence-electron chi connectivity index (χ0n) is 13.5. The third-order valence-corrected chi connectivity index (χ3v) is 3.63. The molecule has 0 aliphatic heterocycles. The molecular weight excluding hydrogens is 250 g/mol. The van der Waals surface area contributed by atoms with E-state index in [1.807, 2.05) is 0 Å². The normalized spacial score (nSPS) is 11.2. The minimum Gasteiger partial charge on any atom is -0.353 e. The largest absolute Gasteiger partial charge is 0.353 e. The summed E-state index contributed by atoms with van der Waals surface area (Å²) in [6.07, 6.45) is 4.69. The van der Waals surface area contributed by atoms with Gasteiger partial charge < -0.3 is 10.3 Å². The van der Waals surface area contributed by atoms with Crippen LogP contribution in [0.5, 0.6) is 0 Å². The second-order valence-corrected chi connectivity index (χ2v) is 5.54. The summed E-state index contributed by atoms with van der Waals surface area (Å²) in [5.41, 5.74) is 3.79. The van der Waals surface area contributed by atoms with E-state index < -0.39 is 0 Å². The molecule has 0 radical (unpaired) electrons. The maximum atomic E-state index is 5.58. The second kappa shape index (κ2) is 8.04. The molecule has 1 heterocycles. The predicted molar refractivity (Wildman–Crippen MR) is 85.8 cm³/mol. The van der Waals surface area contributed by atoms with Gasteiger partial charge in [0.1, 0.15) is 18.0 Å². The molecule has 0 bridgehead atoms. The van der Waals surface area contributed by atoms with Crippen LogP contribution in [0.3, 0.4) is 0 Å². The highest BCUT2D eigenvalue weighted by molar-refractivity contribution is 5.58. The van der Waals surface area contributed by atoms with Crippen LogP contribution in [-0.4, -0.2) is 22.6 Å². The Labute approximate surface area is 123 Å². The third kappa shape index (κ3) is 3.82. The van der Waals surface area contributed by atoms with Crippen LogP contribution in [0.15, 0.2) is 6.33 Å². The average Bonchev–Trinajstić information content (AvgIpc) is 2.46. The van der Waals surface area contributed by atoms with Crippen LogP contribution < -0.4 is 16.2 Å². The van der Waals surface area contributed by atoms with Gasteiger partial charge in [0.25, 0.3) is 0 Å². The van der Waals surface area contributed by atoms with E-state index in [-0.39, 0.29) is 0 Å². The van der Waals surface area contributed by atoms with Crippen molar-refractivity contribution in [2.24, 2.45) is 11.8 Å². The van der Waals surface area contributed by atoms with Crippen LogP contribution in [0, 0.1) is 5.92 Å². The van der Waals surface area contributed by atoms with Crippen molar-refractivity contribution >= 4 is 11.6 Å². The molecule has 114 valence electrons. The number of anilines is 2. The lowest BCUT2D eigenvalue weighted by Crippen LogP contribution is -2.39. The minimum atomic E-state index is 0.503. The summed E-state index contributed by atoms with van der Waals surface area (Å²) in [6.45, 7) is 12.1. The van der Waals surface area contributed by atoms with E-state index in [9.17, 15) is 0 Å². The molecule has 0 atom stereocenters. The highest BCUT2D eigenvalue weighted by atomic mass is 15.3. The maximum absolute atomic E-state index is 5.58. The summed E-state index contributed by atoms with van der Waals surface area (Å²) in [5.74, 6) is 7.93. The van der Waals surface area contributed by atoms with Crippen molar-refractivity contribution in [1.82, 2.24) is 9.97 Å². The lowest BCUT2D eigenvalue weighted by atomic mass is 10.1. The zero-order valence-corrected chi connectivity index (χ0v) is 13.5. The molecule has 3 N–H and O–H groups in total. The van der Waals surface area contributed by atoms with Crippen LogP contribution in [0.25, 0.3) is 0 Å². The van der Waals surface area contributed by atoms with Crippen LogP contribution in [-0.2, 0) is 6.42 Å². The fourth-order valence-corrected chi connectivity index (χ4v) is 2.63. The molecule has 20 heavy (non-hydrogen) atoms. The minimum absolute atomic E-state index is 0.503. The molecule has 5 heteroatoms. The van der Waals surface area contributed by atoms with Gasteiger partial charge in [0.2, 0.25) is 0 Å². The van der Waals surface area contributed by atoms with Crippen LogP contribution in [0.2, 0.25) is 0 Å². The number of hydrazine groups is 1. The van der Waals surface area contributed by atoms with E-state index in [0.717, 1.165) is 43.0 Å². The Morgan fingerprint density at radius 3 is 2.30 bits per heavy atom. The molecule has 5 nitrogen and oxygen atoms in total. The number of aromatic nitrogens is 2. The van der Waals surface area contributed by atoms with Crippen LogP contribution in [0.1, 0.15) is 53.0 Å². The molecule has 1 aromatic rings. The molecule has 1 rings (SSSR count). The van der Waals surface area contributed by atoms with Gasteiger partial charge in [-0.15, -0.1) is 0 Å². The Bertz CT molecular complexity index is 401. The summed E-state index contributed by atoms with van der Waals surface area (Å²) in [7, 11) is 0. The Hall–Kier alpha value is -1.36. The third-order valence-electron chi connectivity index (χ3n) is 3.63. The van der Waals surface area contributed by atoms with Gasteiger partial charge in [-0.3, -0.25) is 0 Å². The van der Waals surface area contributed by atoms with Crippen molar-refractivity contribution in [3.63, 3.8) is 0 Å². The monoisotopic (exact) mass is 279 g/mol. The molecule has 0 fully saturated rings. The average molecular weight is 279 g/mol. The number of nitrogens with one attached hydrogen (secondary N) is 1. The van der Waals surface area contributed by atoms with E-state index >= 15 is 0 Å². The van der Waals surface area contributed by atoms with E-state index in [1.165, 1.54) is 0 Å². The van der Waals surface area contributed by atoms with Gasteiger partial charge in [-0.05, 0) is 25.2 Å². The smallest absolute Gasteiger partial charge is 0.148 e. The number of hydrogen-bond acceptors (Lipinski definition) is 5. The van der Waals surface area contributed by atoms with Crippen molar-refractivity contribution in [1.29, 1.82) is 0 Å². The molecule has 0 amide bonds. The second-order valence-electron chi connectivity index (χ2n) is 5.54. The van der Waals surface area contributed by atoms with Crippen LogP contribution >= 0.6 is 0 Å². The molecule has 1 aromatic heterocycles. The molecule has 0 saturated carbocycles. The topological polar surface area (TPSA) is 67.1 Å². The lowest BCUT2D eigenvalue weighted by Gasteiger charge is -2.34. The van der Waals surface area contributed by atoms with Gasteiger partial charge in [-0.1, -0.05) is 34.6 Å². The number of rotatable bonds is 8. The Morgan fingerprint density at radius 1 is 1.20 bits per heavy atom. The fourth-order valence-electron chi connectivity index (χ4n) is 2.63. The van der Waals surface area contributed by atoms with Crippen molar-refractivity contribution in [3.05, 3.63) is 11.9 Å². The van der Waals surface area contributed by atoms with E-state index in [4.69, 9.17) is 5.84 Å². The highest BCUT2D eigenvalue weighted by Crippen LogP contribution is 2.27. The Morgan fingerprint density at radius 2 is 1.85 bits per heavy atom. The first kappa shape index (κ1) is 16.7. The highest BCUT2D eigenvalue weighted by Gasteiger charge is 2.22. The van der Waals surface area contributed by atoms with Gasteiger partial charge in [-0.2, -0.15) is 0 Å². The number of hydrogen-bond donors (Lipinski definition) is 2. The van der Waals surface area contributed by atoms with E-state index in [0.29, 0.717) is 12.0 Å². The Balaban J connectivity index is 3.25. The molecule has 0 unspecified atom stereocenters. The summed E-state index contributed by atoms with van der Waals surface area (Å²) < 4.78 is 0. The van der Waals surface area contributed by atoms with Gasteiger partial charge in [0.05, 0.1) is 0 Å². The quantitative estimate of drug-likeness (QED) is 0.565. The molecule has 0 spiro atoms. The molecule has 0 aliphatic rings. The van der Waals surface area contributed by atoms with Gasteiger partial charge in [-0.25, -0.2) is 15.8 Å². The molecule has 0 saturated heterocycles. The lowest BCUT2D eigenvalue weighted by molar-refractivity contribution is 0.501. The van der Waals surface area contributed by atoms with Gasteiger partial charge >= 0.3 is 0 Å². The van der Waals surface area contributed by atoms with E-state index in [1.54, 1.807) is 6.33 Å². The maximum Gasteiger partial charge on any atom is 0.148 e. The fraction of sp³-hybridized carbons (Fsp3) is 0.733. The summed E-state index contributed by atoms with van der Waals surface area (Å²) in [6, 6.07) is 0.503. The molecule has 0 aromatic carbocycles. The number of nitrogens with two attached hydrogens (primary N) is 1. The Kier molecular flexibility index (Phi) is 6.71. The molecule has 0 aliphatic carbocycles. The first-order valence-corrected chi connectivity index (χ1v) is 7.65. The van der Waals surface area contributed by atoms with Gasteiger partial charge in [0, 0.05) is 18.2 Å². The number of nitrogens with zero attached hydrogens (tertiary/aromatic N) is 3. The van der Waals surface area contributed by atoms with Crippen molar-refractivity contribution in [2.45, 2.75) is 59.9 Å². The first-order valence-electron chi connectivity index (χ1n) is 7.65. The SMILES string of the molecule is CCc1c(NN)ncnc1N(CC(C)C)C(CC)CC. The predicted octanol–water partition coefficient (Wildman–Crippen LogP) is 2.98. The standard InChI is InChI=1S/C15H29N5/c1-6-12(7-2)20(9-11(4)5)15-13(8-3)14(19-16)17-10-18-15/h10-12H,6-9,16H2,1-5H3,(H,17,18,19). The molecular formula is C15H29N5. The van der Waals surface area contributed by atoms with Crippen molar-refractivity contribution < 1.29 is 0 Å². The van der Waals surface area contributed by atoms with Crippen molar-refractivity contribution in [3.8, 4) is 0 Å². The zero-order chi connectivity index (χ0) is 15.1. The summed E-state index contributed by atoms with van der Waals surface area (Å²) in [5, 5.41) is 0. The van der Waals surface area contributed by atoms with Crippen LogP contribution in [0.4, 0.5) is 11.6 Å². The number of nitrogen functional groups attached to an aromatic ring is 1. The van der Waals surface area contributed by atoms with E-state index in [2.05, 4.69) is 54.9 Å². The first-order chi connectivity index (χ1) is 9.58.